The van der Waals surface area contributed by atoms with Crippen molar-refractivity contribution in [1.82, 2.24) is 14.7 Å². The smallest absolute Gasteiger partial charge is 0.310 e. The summed E-state index contributed by atoms with van der Waals surface area (Å²) in [7, 11) is 3.11. The molecule has 10 nitrogen and oxygen atoms in total. The van der Waals surface area contributed by atoms with Gasteiger partial charge in [0, 0.05) is 37.5 Å². The molecule has 0 bridgehead atoms. The molecule has 1 aliphatic heterocycles. The summed E-state index contributed by atoms with van der Waals surface area (Å²) in [5.74, 6) is 0.639. The minimum absolute atomic E-state index is 0.151. The Labute approximate surface area is 214 Å². The highest BCUT2D eigenvalue weighted by atomic mass is 16.5. The molecule has 2 aromatic carbocycles. The van der Waals surface area contributed by atoms with Crippen molar-refractivity contribution in [3.8, 4) is 17.2 Å². The van der Waals surface area contributed by atoms with Crippen LogP contribution in [0.25, 0.3) is 0 Å². The van der Waals surface area contributed by atoms with Crippen LogP contribution >= 0.6 is 0 Å². The zero-order valence-corrected chi connectivity index (χ0v) is 21.1. The van der Waals surface area contributed by atoms with Gasteiger partial charge in [-0.1, -0.05) is 6.07 Å². The van der Waals surface area contributed by atoms with E-state index in [0.29, 0.717) is 48.9 Å². The summed E-state index contributed by atoms with van der Waals surface area (Å²) in [5, 5.41) is 7.16. The molecule has 4 rings (SSSR count). The van der Waals surface area contributed by atoms with Gasteiger partial charge in [0.15, 0.2) is 11.4 Å². The highest BCUT2D eigenvalue weighted by Gasteiger charge is 2.29. The number of aromatic nitrogens is 2. The number of aryl methyl sites for hydroxylation is 1. The van der Waals surface area contributed by atoms with Gasteiger partial charge in [-0.2, -0.15) is 5.10 Å². The molecule has 1 saturated heterocycles. The molecule has 1 fully saturated rings. The van der Waals surface area contributed by atoms with Crippen molar-refractivity contribution in [3.63, 3.8) is 0 Å². The van der Waals surface area contributed by atoms with Gasteiger partial charge in [-0.3, -0.25) is 14.4 Å². The Balaban J connectivity index is 1.50. The van der Waals surface area contributed by atoms with Crippen LogP contribution in [-0.4, -0.2) is 53.4 Å². The fourth-order valence-electron chi connectivity index (χ4n) is 4.14. The minimum Gasteiger partial charge on any atom is -0.497 e. The van der Waals surface area contributed by atoms with Crippen molar-refractivity contribution < 1.29 is 23.8 Å². The number of amides is 1. The molecule has 1 amide bonds. The number of anilines is 2. The molecule has 0 saturated carbocycles. The summed E-state index contributed by atoms with van der Waals surface area (Å²) in [6.07, 6.45) is 2.92. The van der Waals surface area contributed by atoms with E-state index in [2.05, 4.69) is 10.4 Å². The second-order valence-electron chi connectivity index (χ2n) is 8.64. The number of hydrogen-bond acceptors (Lipinski definition) is 8. The molecular weight excluding hydrogens is 476 g/mol. The van der Waals surface area contributed by atoms with Crippen molar-refractivity contribution in [2.45, 2.75) is 19.8 Å². The molecule has 1 atom stereocenters. The zero-order chi connectivity index (χ0) is 26.4. The number of piperidine rings is 1. The van der Waals surface area contributed by atoms with Gasteiger partial charge in [0.25, 0.3) is 11.5 Å². The maximum Gasteiger partial charge on any atom is 0.310 e. The SMILES string of the molecule is CCOC(=O)C1CCCN(C(=O)c2ccc(Nc3c(Oc4cccc(OC)c4)cnn(C)c3=O)cc2)C1. The lowest BCUT2D eigenvalue weighted by Crippen LogP contribution is -2.42. The summed E-state index contributed by atoms with van der Waals surface area (Å²) < 4.78 is 17.5. The average molecular weight is 507 g/mol. The summed E-state index contributed by atoms with van der Waals surface area (Å²) in [6.45, 7) is 3.03. The fourth-order valence-corrected chi connectivity index (χ4v) is 4.14. The van der Waals surface area contributed by atoms with Gasteiger partial charge in [-0.05, 0) is 56.2 Å². The van der Waals surface area contributed by atoms with Crippen molar-refractivity contribution in [3.05, 3.63) is 70.6 Å². The van der Waals surface area contributed by atoms with Crippen molar-refractivity contribution >= 4 is 23.3 Å². The van der Waals surface area contributed by atoms with Gasteiger partial charge < -0.3 is 24.4 Å². The topological polar surface area (TPSA) is 112 Å². The number of carbonyl (C=O) groups excluding carboxylic acids is 2. The quantitative estimate of drug-likeness (QED) is 0.460. The molecule has 1 aliphatic rings. The van der Waals surface area contributed by atoms with E-state index in [1.807, 2.05) is 0 Å². The third kappa shape index (κ3) is 6.08. The molecule has 1 unspecified atom stereocenters. The van der Waals surface area contributed by atoms with Gasteiger partial charge in [0.1, 0.15) is 11.5 Å². The van der Waals surface area contributed by atoms with E-state index in [1.54, 1.807) is 74.5 Å². The fraction of sp³-hybridized carbons (Fsp3) is 0.333. The first-order chi connectivity index (χ1) is 17.9. The van der Waals surface area contributed by atoms with Gasteiger partial charge in [-0.25, -0.2) is 4.68 Å². The summed E-state index contributed by atoms with van der Waals surface area (Å²) in [5.41, 5.74) is 0.913. The predicted molar refractivity (Wildman–Crippen MR) is 138 cm³/mol. The largest absolute Gasteiger partial charge is 0.497 e. The van der Waals surface area contributed by atoms with Crippen LogP contribution in [0, 0.1) is 5.92 Å². The second-order valence-corrected chi connectivity index (χ2v) is 8.64. The maximum absolute atomic E-state index is 13.1. The van der Waals surface area contributed by atoms with Crippen molar-refractivity contribution in [2.24, 2.45) is 13.0 Å². The Morgan fingerprint density at radius 1 is 1.14 bits per heavy atom. The molecule has 0 spiro atoms. The molecule has 3 aromatic rings. The standard InChI is InChI=1S/C27H30N4O6/c1-4-36-27(34)19-7-6-14-31(17-19)25(32)18-10-12-20(13-11-18)29-24-23(16-28-30(2)26(24)33)37-22-9-5-8-21(15-22)35-3/h5,8-13,15-16,19,29H,4,6-7,14,17H2,1-3H3. The van der Waals surface area contributed by atoms with E-state index < -0.39 is 0 Å². The van der Waals surface area contributed by atoms with E-state index in [0.717, 1.165) is 6.42 Å². The van der Waals surface area contributed by atoms with Crippen LogP contribution in [0.3, 0.4) is 0 Å². The maximum atomic E-state index is 13.1. The van der Waals surface area contributed by atoms with E-state index in [4.69, 9.17) is 14.2 Å². The lowest BCUT2D eigenvalue weighted by Gasteiger charge is -2.31. The summed E-state index contributed by atoms with van der Waals surface area (Å²) in [4.78, 5) is 39.7. The van der Waals surface area contributed by atoms with Crippen LogP contribution < -0.4 is 20.3 Å². The number of carbonyl (C=O) groups is 2. The summed E-state index contributed by atoms with van der Waals surface area (Å²) in [6, 6.07) is 13.8. The Morgan fingerprint density at radius 2 is 1.89 bits per heavy atom. The van der Waals surface area contributed by atoms with Crippen LogP contribution in [-0.2, 0) is 16.6 Å². The first kappa shape index (κ1) is 25.7. The van der Waals surface area contributed by atoms with Gasteiger partial charge >= 0.3 is 5.97 Å². The monoisotopic (exact) mass is 506 g/mol. The third-order valence-electron chi connectivity index (χ3n) is 6.10. The molecule has 0 radical (unpaired) electrons. The van der Waals surface area contributed by atoms with Gasteiger partial charge in [0.2, 0.25) is 0 Å². The van der Waals surface area contributed by atoms with Crippen LogP contribution in [0.5, 0.6) is 17.2 Å². The third-order valence-corrected chi connectivity index (χ3v) is 6.10. The van der Waals surface area contributed by atoms with Crippen LogP contribution in [0.15, 0.2) is 59.5 Å². The molecule has 1 N–H and O–H groups in total. The molecular formula is C27H30N4O6. The number of hydrogen-bond donors (Lipinski definition) is 1. The average Bonchev–Trinajstić information content (AvgIpc) is 2.93. The molecule has 2 heterocycles. The van der Waals surface area contributed by atoms with E-state index in [-0.39, 0.29) is 34.8 Å². The molecule has 194 valence electrons. The van der Waals surface area contributed by atoms with Crippen LogP contribution in [0.2, 0.25) is 0 Å². The summed E-state index contributed by atoms with van der Waals surface area (Å²) >= 11 is 0. The number of benzene rings is 2. The Kier molecular flexibility index (Phi) is 8.07. The number of ether oxygens (including phenoxy) is 3. The lowest BCUT2D eigenvalue weighted by molar-refractivity contribution is -0.149. The Hall–Kier alpha value is -4.34. The molecule has 1 aromatic heterocycles. The number of likely N-dealkylation sites (tertiary alicyclic amines) is 1. The normalized spacial score (nSPS) is 15.1. The van der Waals surface area contributed by atoms with Crippen LogP contribution in [0.1, 0.15) is 30.1 Å². The molecule has 0 aliphatic carbocycles. The number of nitrogens with one attached hydrogen (secondary N) is 1. The zero-order valence-electron chi connectivity index (χ0n) is 21.1. The number of rotatable bonds is 8. The highest BCUT2D eigenvalue weighted by molar-refractivity contribution is 5.95. The number of esters is 1. The first-order valence-electron chi connectivity index (χ1n) is 12.1. The number of methoxy groups -OCH3 is 1. The number of nitrogens with zero attached hydrogens (tertiary/aromatic N) is 3. The Bertz CT molecular complexity index is 1320. The van der Waals surface area contributed by atoms with E-state index in [1.165, 1.54) is 10.9 Å². The van der Waals surface area contributed by atoms with Crippen molar-refractivity contribution in [1.29, 1.82) is 0 Å². The minimum atomic E-state index is -0.376. The predicted octanol–water partition coefficient (Wildman–Crippen LogP) is 3.74. The van der Waals surface area contributed by atoms with Crippen LogP contribution in [0.4, 0.5) is 11.4 Å². The van der Waals surface area contributed by atoms with E-state index >= 15 is 0 Å². The second kappa shape index (κ2) is 11.6. The van der Waals surface area contributed by atoms with Gasteiger partial charge in [-0.15, -0.1) is 0 Å². The first-order valence-corrected chi connectivity index (χ1v) is 12.1. The highest BCUT2D eigenvalue weighted by Crippen LogP contribution is 2.30. The Morgan fingerprint density at radius 3 is 2.62 bits per heavy atom. The molecule has 37 heavy (non-hydrogen) atoms. The molecule has 10 heteroatoms. The van der Waals surface area contributed by atoms with Crippen molar-refractivity contribution in [2.75, 3.05) is 32.1 Å². The van der Waals surface area contributed by atoms with E-state index in [9.17, 15) is 14.4 Å². The lowest BCUT2D eigenvalue weighted by atomic mass is 9.97. The van der Waals surface area contributed by atoms with Gasteiger partial charge in [0.05, 0.1) is 25.8 Å².